The van der Waals surface area contributed by atoms with Gasteiger partial charge < -0.3 is 14.3 Å². The van der Waals surface area contributed by atoms with Gasteiger partial charge in [0.15, 0.2) is 5.89 Å². The van der Waals surface area contributed by atoms with Crippen molar-refractivity contribution in [3.8, 4) is 11.4 Å². The Morgan fingerprint density at radius 2 is 2.15 bits per heavy atom. The number of anilines is 1. The first-order valence-electron chi connectivity index (χ1n) is 9.09. The standard InChI is InChI=1S/C20H22N4O2/c1-3-17-22-13(2)18(26-17)20(25)23-16-10-5-4-9-15(16)19-21-12-14-8-6-7-11-24(14)19/h4-5,9-10,12H,3,6-8,11H2,1-2H3,(H,23,25). The summed E-state index contributed by atoms with van der Waals surface area (Å²) in [6, 6.07) is 7.75. The quantitative estimate of drug-likeness (QED) is 0.772. The molecule has 0 saturated carbocycles. The molecule has 1 aliphatic rings. The Hall–Kier alpha value is -2.89. The van der Waals surface area contributed by atoms with Crippen LogP contribution in [0.3, 0.4) is 0 Å². The number of imidazole rings is 1. The average Bonchev–Trinajstić information content (AvgIpc) is 3.25. The number of amides is 1. The number of fused-ring (bicyclic) bond motifs is 1. The summed E-state index contributed by atoms with van der Waals surface area (Å²) in [6.07, 6.45) is 6.01. The first-order valence-corrected chi connectivity index (χ1v) is 9.09. The number of carbonyl (C=O) groups is 1. The number of oxazole rings is 1. The van der Waals surface area contributed by atoms with Gasteiger partial charge >= 0.3 is 0 Å². The van der Waals surface area contributed by atoms with E-state index < -0.39 is 0 Å². The lowest BCUT2D eigenvalue weighted by Gasteiger charge is -2.18. The summed E-state index contributed by atoms with van der Waals surface area (Å²) >= 11 is 0. The molecule has 134 valence electrons. The van der Waals surface area contributed by atoms with Gasteiger partial charge in [-0.05, 0) is 38.3 Å². The maximum Gasteiger partial charge on any atom is 0.293 e. The van der Waals surface area contributed by atoms with E-state index in [1.54, 1.807) is 6.92 Å². The van der Waals surface area contributed by atoms with Crippen LogP contribution in [-0.4, -0.2) is 20.4 Å². The third-order valence-electron chi connectivity index (χ3n) is 4.77. The maximum atomic E-state index is 12.7. The molecule has 0 saturated heterocycles. The average molecular weight is 350 g/mol. The molecule has 4 rings (SSSR count). The molecule has 2 aromatic heterocycles. The molecular formula is C20H22N4O2. The van der Waals surface area contributed by atoms with Crippen LogP contribution in [0.25, 0.3) is 11.4 Å². The third kappa shape index (κ3) is 2.92. The van der Waals surface area contributed by atoms with Crippen molar-refractivity contribution < 1.29 is 9.21 Å². The van der Waals surface area contributed by atoms with Crippen LogP contribution in [0, 0.1) is 6.92 Å². The number of hydrogen-bond donors (Lipinski definition) is 1. The largest absolute Gasteiger partial charge is 0.435 e. The first kappa shape index (κ1) is 16.6. The zero-order valence-electron chi connectivity index (χ0n) is 15.1. The number of nitrogens with zero attached hydrogens (tertiary/aromatic N) is 3. The summed E-state index contributed by atoms with van der Waals surface area (Å²) in [4.78, 5) is 21.6. The summed E-state index contributed by atoms with van der Waals surface area (Å²) in [5.41, 5.74) is 3.51. The number of rotatable bonds is 4. The fraction of sp³-hybridized carbons (Fsp3) is 0.350. The van der Waals surface area contributed by atoms with E-state index in [-0.39, 0.29) is 11.7 Å². The Morgan fingerprint density at radius 1 is 1.31 bits per heavy atom. The number of para-hydroxylation sites is 1. The van der Waals surface area contributed by atoms with Crippen molar-refractivity contribution in [2.75, 3.05) is 5.32 Å². The Balaban J connectivity index is 1.67. The predicted molar refractivity (Wildman–Crippen MR) is 99.2 cm³/mol. The molecule has 6 heteroatoms. The van der Waals surface area contributed by atoms with Gasteiger partial charge in [0.05, 0.1) is 11.4 Å². The molecule has 0 radical (unpaired) electrons. The lowest BCUT2D eigenvalue weighted by Crippen LogP contribution is -2.15. The molecule has 1 N–H and O–H groups in total. The highest BCUT2D eigenvalue weighted by Crippen LogP contribution is 2.30. The molecule has 1 aliphatic heterocycles. The van der Waals surface area contributed by atoms with E-state index in [0.29, 0.717) is 18.0 Å². The molecule has 26 heavy (non-hydrogen) atoms. The Bertz CT molecular complexity index is 955. The summed E-state index contributed by atoms with van der Waals surface area (Å²) in [6.45, 7) is 4.70. The van der Waals surface area contributed by atoms with Gasteiger partial charge in [-0.25, -0.2) is 9.97 Å². The number of hydrogen-bond acceptors (Lipinski definition) is 4. The monoisotopic (exact) mass is 350 g/mol. The lowest BCUT2D eigenvalue weighted by molar-refractivity contribution is 0.0994. The van der Waals surface area contributed by atoms with Crippen LogP contribution >= 0.6 is 0 Å². The van der Waals surface area contributed by atoms with Crippen molar-refractivity contribution in [1.82, 2.24) is 14.5 Å². The van der Waals surface area contributed by atoms with Gasteiger partial charge in [-0.15, -0.1) is 0 Å². The molecule has 0 aliphatic carbocycles. The SMILES string of the molecule is CCc1nc(C)c(C(=O)Nc2ccccc2-c2ncc3n2CCCC3)o1. The van der Waals surface area contributed by atoms with Crippen molar-refractivity contribution in [2.45, 2.75) is 46.1 Å². The maximum absolute atomic E-state index is 12.7. The topological polar surface area (TPSA) is 73.0 Å². The van der Waals surface area contributed by atoms with Gasteiger partial charge in [0.25, 0.3) is 5.91 Å². The fourth-order valence-corrected chi connectivity index (χ4v) is 3.43. The van der Waals surface area contributed by atoms with E-state index in [0.717, 1.165) is 36.5 Å². The molecular weight excluding hydrogens is 328 g/mol. The smallest absolute Gasteiger partial charge is 0.293 e. The highest BCUT2D eigenvalue weighted by Gasteiger charge is 2.21. The van der Waals surface area contributed by atoms with Crippen molar-refractivity contribution in [3.63, 3.8) is 0 Å². The highest BCUT2D eigenvalue weighted by molar-refractivity contribution is 6.04. The molecule has 0 spiro atoms. The van der Waals surface area contributed by atoms with Gasteiger partial charge in [0.2, 0.25) is 5.76 Å². The van der Waals surface area contributed by atoms with E-state index in [1.165, 1.54) is 12.1 Å². The zero-order chi connectivity index (χ0) is 18.1. The second-order valence-electron chi connectivity index (χ2n) is 6.56. The van der Waals surface area contributed by atoms with E-state index in [9.17, 15) is 4.79 Å². The number of carbonyl (C=O) groups excluding carboxylic acids is 1. The number of nitrogens with one attached hydrogen (secondary N) is 1. The molecule has 0 fully saturated rings. The molecule has 0 unspecified atom stereocenters. The minimum Gasteiger partial charge on any atom is -0.435 e. The number of aryl methyl sites for hydroxylation is 3. The number of benzene rings is 1. The second-order valence-corrected chi connectivity index (χ2v) is 6.56. The minimum absolute atomic E-state index is 0.266. The van der Waals surface area contributed by atoms with Gasteiger partial charge in [-0.2, -0.15) is 0 Å². The van der Waals surface area contributed by atoms with Crippen LogP contribution in [0.4, 0.5) is 5.69 Å². The lowest BCUT2D eigenvalue weighted by atomic mass is 10.1. The fourth-order valence-electron chi connectivity index (χ4n) is 3.43. The highest BCUT2D eigenvalue weighted by atomic mass is 16.4. The third-order valence-corrected chi connectivity index (χ3v) is 4.77. The molecule has 1 aromatic carbocycles. The molecule has 3 heterocycles. The normalized spacial score (nSPS) is 13.5. The zero-order valence-corrected chi connectivity index (χ0v) is 15.1. The van der Waals surface area contributed by atoms with E-state index in [4.69, 9.17) is 4.42 Å². The Morgan fingerprint density at radius 3 is 2.96 bits per heavy atom. The molecule has 0 atom stereocenters. The van der Waals surface area contributed by atoms with Crippen molar-refractivity contribution in [2.24, 2.45) is 0 Å². The number of aromatic nitrogens is 3. The first-order chi connectivity index (χ1) is 12.7. The van der Waals surface area contributed by atoms with Gasteiger partial charge in [0.1, 0.15) is 5.82 Å². The van der Waals surface area contributed by atoms with E-state index in [1.807, 2.05) is 37.4 Å². The summed E-state index contributed by atoms with van der Waals surface area (Å²) < 4.78 is 7.83. The minimum atomic E-state index is -0.285. The van der Waals surface area contributed by atoms with Gasteiger partial charge in [-0.3, -0.25) is 4.79 Å². The van der Waals surface area contributed by atoms with Crippen molar-refractivity contribution in [1.29, 1.82) is 0 Å². The summed E-state index contributed by atoms with van der Waals surface area (Å²) in [7, 11) is 0. The Labute approximate surface area is 152 Å². The molecule has 1 amide bonds. The predicted octanol–water partition coefficient (Wildman–Crippen LogP) is 4.00. The van der Waals surface area contributed by atoms with Crippen LogP contribution in [0.5, 0.6) is 0 Å². The van der Waals surface area contributed by atoms with Gasteiger partial charge in [0, 0.05) is 30.4 Å². The van der Waals surface area contributed by atoms with Gasteiger partial charge in [-0.1, -0.05) is 19.1 Å². The van der Waals surface area contributed by atoms with E-state index >= 15 is 0 Å². The van der Waals surface area contributed by atoms with E-state index in [2.05, 4.69) is 19.9 Å². The van der Waals surface area contributed by atoms with Crippen molar-refractivity contribution >= 4 is 11.6 Å². The summed E-state index contributed by atoms with van der Waals surface area (Å²) in [5.74, 6) is 1.46. The molecule has 6 nitrogen and oxygen atoms in total. The molecule has 0 bridgehead atoms. The van der Waals surface area contributed by atoms with Crippen LogP contribution in [0.15, 0.2) is 34.9 Å². The van der Waals surface area contributed by atoms with Crippen molar-refractivity contribution in [3.05, 3.63) is 53.5 Å². The van der Waals surface area contributed by atoms with Crippen LogP contribution in [-0.2, 0) is 19.4 Å². The van der Waals surface area contributed by atoms with Crippen LogP contribution in [0.2, 0.25) is 0 Å². The Kier molecular flexibility index (Phi) is 4.32. The second kappa shape index (κ2) is 6.78. The summed E-state index contributed by atoms with van der Waals surface area (Å²) in [5, 5.41) is 2.97. The van der Waals surface area contributed by atoms with Crippen LogP contribution < -0.4 is 5.32 Å². The molecule has 3 aromatic rings. The van der Waals surface area contributed by atoms with Crippen LogP contribution in [0.1, 0.15) is 47.6 Å².